The summed E-state index contributed by atoms with van der Waals surface area (Å²) in [6.45, 7) is 6.73. The lowest BCUT2D eigenvalue weighted by Crippen LogP contribution is -2.10. The van der Waals surface area contributed by atoms with Crippen LogP contribution in [0.1, 0.15) is 34.1 Å². The second kappa shape index (κ2) is 6.18. The van der Waals surface area contributed by atoms with Crippen LogP contribution in [-0.2, 0) is 19.1 Å². The van der Waals surface area contributed by atoms with Crippen LogP contribution in [0.2, 0.25) is 0 Å². The first-order valence-electron chi connectivity index (χ1n) is 4.58. The maximum Gasteiger partial charge on any atom is 0.337 e. The average Bonchev–Trinajstić information content (AvgIpc) is 2.13. The highest BCUT2D eigenvalue weighted by atomic mass is 16.5. The van der Waals surface area contributed by atoms with Gasteiger partial charge in [0.05, 0.1) is 12.2 Å². The summed E-state index contributed by atoms with van der Waals surface area (Å²) < 4.78 is 9.65. The van der Waals surface area contributed by atoms with Gasteiger partial charge in [-0.15, -0.1) is 0 Å². The number of allylic oxidation sites excluding steroid dienone is 1. The van der Waals surface area contributed by atoms with Crippen LogP contribution >= 0.6 is 0 Å². The van der Waals surface area contributed by atoms with Crippen LogP contribution in [-0.4, -0.2) is 18.5 Å². The number of hydrogen-bond acceptors (Lipinski definition) is 4. The van der Waals surface area contributed by atoms with Crippen LogP contribution in [0.25, 0.3) is 0 Å². The van der Waals surface area contributed by atoms with Gasteiger partial charge in [-0.05, 0) is 13.8 Å². The smallest absolute Gasteiger partial charge is 0.337 e. The fraction of sp³-hybridized carbons (Fsp3) is 0.600. The minimum Gasteiger partial charge on any atom is -0.463 e. The predicted octanol–water partition coefficient (Wildman–Crippen LogP) is 1.80. The Balaban J connectivity index is 4.64. The van der Waals surface area contributed by atoms with Crippen molar-refractivity contribution in [2.24, 2.45) is 0 Å². The lowest BCUT2D eigenvalue weighted by atomic mass is 10.2. The third-order valence-electron chi connectivity index (χ3n) is 1.59. The van der Waals surface area contributed by atoms with Crippen LogP contribution in [0.3, 0.4) is 0 Å². The van der Waals surface area contributed by atoms with Gasteiger partial charge in [-0.25, -0.2) is 4.79 Å². The van der Waals surface area contributed by atoms with Crippen molar-refractivity contribution in [1.82, 2.24) is 0 Å². The molecule has 0 fully saturated rings. The fourth-order valence-electron chi connectivity index (χ4n) is 0.941. The quantitative estimate of drug-likeness (QED) is 0.394. The normalized spacial score (nSPS) is 11.7. The van der Waals surface area contributed by atoms with Gasteiger partial charge in [0.1, 0.15) is 5.76 Å². The topological polar surface area (TPSA) is 52.6 Å². The minimum atomic E-state index is -0.439. The molecule has 0 spiro atoms. The van der Waals surface area contributed by atoms with Crippen LogP contribution in [0.5, 0.6) is 0 Å². The minimum absolute atomic E-state index is 0.313. The molecule has 80 valence electrons. The molecule has 14 heavy (non-hydrogen) atoms. The lowest BCUT2D eigenvalue weighted by molar-refractivity contribution is -0.139. The van der Waals surface area contributed by atoms with Crippen molar-refractivity contribution >= 4 is 11.9 Å². The van der Waals surface area contributed by atoms with Gasteiger partial charge < -0.3 is 9.47 Å². The zero-order valence-electron chi connectivity index (χ0n) is 9.05. The highest BCUT2D eigenvalue weighted by molar-refractivity contribution is 5.88. The SMILES string of the molecule is CCOC(=O)/C(C)=C(/CC)OC(C)=O. The van der Waals surface area contributed by atoms with Gasteiger partial charge in [0.2, 0.25) is 0 Å². The molecule has 0 aliphatic heterocycles. The zero-order valence-corrected chi connectivity index (χ0v) is 9.05. The number of hydrogen-bond donors (Lipinski definition) is 0. The van der Waals surface area contributed by atoms with Gasteiger partial charge in [0.15, 0.2) is 0 Å². The van der Waals surface area contributed by atoms with Gasteiger partial charge >= 0.3 is 11.9 Å². The Morgan fingerprint density at radius 1 is 1.14 bits per heavy atom. The molecule has 0 radical (unpaired) electrons. The highest BCUT2D eigenvalue weighted by Crippen LogP contribution is 2.11. The number of esters is 2. The first-order chi connectivity index (χ1) is 6.52. The van der Waals surface area contributed by atoms with Gasteiger partial charge in [0, 0.05) is 13.3 Å². The molecular formula is C10H16O4. The van der Waals surface area contributed by atoms with Crippen molar-refractivity contribution in [1.29, 1.82) is 0 Å². The number of carbonyl (C=O) groups is 2. The molecule has 4 heteroatoms. The third-order valence-corrected chi connectivity index (χ3v) is 1.59. The van der Waals surface area contributed by atoms with E-state index in [2.05, 4.69) is 0 Å². The number of rotatable bonds is 4. The van der Waals surface area contributed by atoms with Crippen molar-refractivity contribution in [3.05, 3.63) is 11.3 Å². The Labute approximate surface area is 83.9 Å². The maximum absolute atomic E-state index is 11.3. The van der Waals surface area contributed by atoms with E-state index in [4.69, 9.17) is 9.47 Å². The van der Waals surface area contributed by atoms with Crippen molar-refractivity contribution < 1.29 is 19.1 Å². The molecule has 0 N–H and O–H groups in total. The zero-order chi connectivity index (χ0) is 11.1. The van der Waals surface area contributed by atoms with Gasteiger partial charge in [0.25, 0.3) is 0 Å². The molecule has 0 saturated carbocycles. The first-order valence-corrected chi connectivity index (χ1v) is 4.58. The largest absolute Gasteiger partial charge is 0.463 e. The van der Waals surface area contributed by atoms with E-state index < -0.39 is 11.9 Å². The van der Waals surface area contributed by atoms with E-state index in [0.29, 0.717) is 24.4 Å². The molecule has 0 saturated heterocycles. The summed E-state index contributed by atoms with van der Waals surface area (Å²) in [4.78, 5) is 21.9. The molecule has 0 aromatic heterocycles. The van der Waals surface area contributed by atoms with Gasteiger partial charge in [-0.2, -0.15) is 0 Å². The molecule has 4 nitrogen and oxygen atoms in total. The van der Waals surface area contributed by atoms with Crippen LogP contribution < -0.4 is 0 Å². The molecule has 0 bridgehead atoms. The summed E-state index contributed by atoms with van der Waals surface area (Å²) in [7, 11) is 0. The third kappa shape index (κ3) is 4.07. The number of ether oxygens (including phenoxy) is 2. The van der Waals surface area contributed by atoms with Crippen molar-refractivity contribution in [3.8, 4) is 0 Å². The standard InChI is InChI=1S/C10H16O4/c1-5-9(14-8(4)11)7(3)10(12)13-6-2/h5-6H2,1-4H3/b9-7-. The van der Waals surface area contributed by atoms with E-state index in [1.54, 1.807) is 20.8 Å². The van der Waals surface area contributed by atoms with E-state index in [-0.39, 0.29) is 0 Å². The van der Waals surface area contributed by atoms with Crippen molar-refractivity contribution in [2.45, 2.75) is 34.1 Å². The Morgan fingerprint density at radius 2 is 1.71 bits per heavy atom. The Morgan fingerprint density at radius 3 is 2.07 bits per heavy atom. The Kier molecular flexibility index (Phi) is 5.60. The fourth-order valence-corrected chi connectivity index (χ4v) is 0.941. The van der Waals surface area contributed by atoms with Gasteiger partial charge in [-0.1, -0.05) is 6.92 Å². The monoisotopic (exact) mass is 200 g/mol. The molecule has 0 aliphatic rings. The summed E-state index contributed by atoms with van der Waals surface area (Å²) >= 11 is 0. The summed E-state index contributed by atoms with van der Waals surface area (Å²) in [6.07, 6.45) is 0.490. The highest BCUT2D eigenvalue weighted by Gasteiger charge is 2.13. The molecular weight excluding hydrogens is 184 g/mol. The van der Waals surface area contributed by atoms with E-state index in [9.17, 15) is 9.59 Å². The first kappa shape index (κ1) is 12.7. The molecule has 0 amide bonds. The molecule has 0 heterocycles. The summed E-state index contributed by atoms with van der Waals surface area (Å²) in [5, 5.41) is 0. The Hall–Kier alpha value is -1.32. The van der Waals surface area contributed by atoms with Gasteiger partial charge in [-0.3, -0.25) is 4.79 Å². The predicted molar refractivity (Wildman–Crippen MR) is 51.4 cm³/mol. The Bertz CT molecular complexity index is 253. The lowest BCUT2D eigenvalue weighted by Gasteiger charge is -2.08. The van der Waals surface area contributed by atoms with Crippen molar-refractivity contribution in [2.75, 3.05) is 6.61 Å². The summed E-state index contributed by atoms with van der Waals surface area (Å²) in [5.74, 6) is -0.493. The summed E-state index contributed by atoms with van der Waals surface area (Å²) in [6, 6.07) is 0. The molecule has 0 unspecified atom stereocenters. The molecule has 0 aromatic carbocycles. The van der Waals surface area contributed by atoms with Crippen LogP contribution in [0.4, 0.5) is 0 Å². The molecule has 0 rings (SSSR count). The van der Waals surface area contributed by atoms with E-state index >= 15 is 0 Å². The van der Waals surface area contributed by atoms with E-state index in [1.807, 2.05) is 0 Å². The maximum atomic E-state index is 11.3. The van der Waals surface area contributed by atoms with Crippen LogP contribution in [0, 0.1) is 0 Å². The van der Waals surface area contributed by atoms with E-state index in [0.717, 1.165) is 0 Å². The second-order valence-electron chi connectivity index (χ2n) is 2.72. The average molecular weight is 200 g/mol. The van der Waals surface area contributed by atoms with Crippen molar-refractivity contribution in [3.63, 3.8) is 0 Å². The van der Waals surface area contributed by atoms with E-state index in [1.165, 1.54) is 6.92 Å². The molecule has 0 atom stereocenters. The molecule has 0 aliphatic carbocycles. The van der Waals surface area contributed by atoms with Crippen LogP contribution in [0.15, 0.2) is 11.3 Å². The summed E-state index contributed by atoms with van der Waals surface area (Å²) in [5.41, 5.74) is 0.351. The molecule has 0 aromatic rings. The number of carbonyl (C=O) groups excluding carboxylic acids is 2. The second-order valence-corrected chi connectivity index (χ2v) is 2.72.